The van der Waals surface area contributed by atoms with Gasteiger partial charge in [0.25, 0.3) is 0 Å². The number of fused-ring (bicyclic) bond motifs is 1. The molecule has 1 aromatic rings. The van der Waals surface area contributed by atoms with E-state index in [1.54, 1.807) is 0 Å². The highest BCUT2D eigenvalue weighted by molar-refractivity contribution is 6.36. The normalized spacial score (nSPS) is 19.0. The number of benzene rings is 1. The number of nitrogens with one attached hydrogen (secondary N) is 1. The van der Waals surface area contributed by atoms with Crippen LogP contribution in [-0.2, 0) is 20.4 Å². The van der Waals surface area contributed by atoms with Gasteiger partial charge >= 0.3 is 11.9 Å². The van der Waals surface area contributed by atoms with Gasteiger partial charge in [0.1, 0.15) is 0 Å². The summed E-state index contributed by atoms with van der Waals surface area (Å²) in [6, 6.07) is 5.78. The van der Waals surface area contributed by atoms with Crippen LogP contribution in [0, 0.1) is 0 Å². The van der Waals surface area contributed by atoms with Crippen molar-refractivity contribution in [3.05, 3.63) is 29.3 Å². The summed E-state index contributed by atoms with van der Waals surface area (Å²) in [5.41, 5.74) is 3.27. The van der Waals surface area contributed by atoms with Crippen molar-refractivity contribution < 1.29 is 14.7 Å². The Balaban J connectivity index is 2.43. The number of anilines is 1. The minimum atomic E-state index is -1.22. The molecule has 3 N–H and O–H groups in total. The van der Waals surface area contributed by atoms with E-state index in [-0.39, 0.29) is 10.8 Å². The molecule has 0 atom stereocenters. The maximum absolute atomic E-state index is 11.3. The Morgan fingerprint density at radius 1 is 1.05 bits per heavy atom. The van der Waals surface area contributed by atoms with Crippen molar-refractivity contribution in [2.24, 2.45) is 0 Å². The molecule has 0 aliphatic heterocycles. The first-order chi connectivity index (χ1) is 9.13. The fourth-order valence-electron chi connectivity index (χ4n) is 2.85. The topological polar surface area (TPSA) is 69.1 Å². The summed E-state index contributed by atoms with van der Waals surface area (Å²) in [5.74, 6) is -2.11. The van der Waals surface area contributed by atoms with E-state index in [0.717, 1.165) is 12.8 Å². The molecule has 4 heteroatoms. The molecule has 1 aliphatic carbocycles. The summed E-state index contributed by atoms with van der Waals surface area (Å²) in [4.78, 5) is 22.0. The van der Waals surface area contributed by atoms with Crippen LogP contribution in [0.3, 0.4) is 0 Å². The van der Waals surface area contributed by atoms with Crippen LogP contribution < -0.4 is 5.32 Å². The maximum Gasteiger partial charge on any atom is 0.607 e. The molecule has 0 aromatic heterocycles. The maximum atomic E-state index is 11.3. The van der Waals surface area contributed by atoms with E-state index >= 15 is 0 Å². The molecule has 0 fully saturated rings. The van der Waals surface area contributed by atoms with Gasteiger partial charge in [-0.05, 0) is 46.9 Å². The van der Waals surface area contributed by atoms with E-state index < -0.39 is 11.9 Å². The average Bonchev–Trinajstić information content (AvgIpc) is 2.35. The van der Waals surface area contributed by atoms with Crippen LogP contribution in [0.4, 0.5) is 5.69 Å². The quantitative estimate of drug-likeness (QED) is 0.631. The van der Waals surface area contributed by atoms with Crippen LogP contribution in [0.1, 0.15) is 51.7 Å². The van der Waals surface area contributed by atoms with Crippen molar-refractivity contribution in [1.29, 1.82) is 0 Å². The van der Waals surface area contributed by atoms with E-state index in [4.69, 9.17) is 5.11 Å². The van der Waals surface area contributed by atoms with Gasteiger partial charge in [-0.25, -0.2) is 0 Å². The van der Waals surface area contributed by atoms with Crippen LogP contribution in [0.15, 0.2) is 18.2 Å². The van der Waals surface area contributed by atoms with E-state index in [1.807, 2.05) is 18.2 Å². The summed E-state index contributed by atoms with van der Waals surface area (Å²) >= 11 is 0. The standard InChI is InChI=1S/C16H21NO3/c1-15(2)7-8-16(3,4)12-9-10(5-6-11(12)15)17-13(18)14(19)20/h5-6,9H,7-8H2,1-4H3,(H,17,18)(H,19,20)/p+1. The molecule has 0 spiro atoms. The van der Waals surface area contributed by atoms with E-state index in [0.29, 0.717) is 5.69 Å². The Morgan fingerprint density at radius 3 is 2.15 bits per heavy atom. The van der Waals surface area contributed by atoms with Gasteiger partial charge in [-0.1, -0.05) is 33.8 Å². The molecule has 0 radical (unpaired) electrons. The van der Waals surface area contributed by atoms with Crippen LogP contribution in [-0.4, -0.2) is 17.0 Å². The predicted octanol–water partition coefficient (Wildman–Crippen LogP) is 2.23. The minimum Gasteiger partial charge on any atom is -0.557 e. The second-order valence-electron chi connectivity index (χ2n) is 6.81. The smallest absolute Gasteiger partial charge is 0.557 e. The number of hydrogen-bond acceptors (Lipinski definition) is 2. The van der Waals surface area contributed by atoms with Crippen molar-refractivity contribution in [3.8, 4) is 0 Å². The summed E-state index contributed by atoms with van der Waals surface area (Å²) in [6.07, 6.45) is 2.21. The van der Waals surface area contributed by atoms with Crippen LogP contribution in [0.5, 0.6) is 0 Å². The van der Waals surface area contributed by atoms with Crippen molar-refractivity contribution in [3.63, 3.8) is 0 Å². The van der Waals surface area contributed by atoms with Gasteiger partial charge in [-0.2, -0.15) is 0 Å². The number of carbonyl (C=O) groups is 2. The van der Waals surface area contributed by atoms with E-state index in [2.05, 4.69) is 33.0 Å². The summed E-state index contributed by atoms with van der Waals surface area (Å²) in [7, 11) is 0. The van der Waals surface area contributed by atoms with Gasteiger partial charge in [0.05, 0.1) is 4.79 Å². The Bertz CT molecular complexity index is 573. The molecule has 4 nitrogen and oxygen atoms in total. The fourth-order valence-corrected chi connectivity index (χ4v) is 2.85. The molecule has 2 rings (SSSR count). The highest BCUT2D eigenvalue weighted by Gasteiger charge is 2.37. The molecule has 0 saturated heterocycles. The Hall–Kier alpha value is -1.84. The summed E-state index contributed by atoms with van der Waals surface area (Å²) in [5, 5.41) is 9.29. The van der Waals surface area contributed by atoms with E-state index in [9.17, 15) is 9.59 Å². The molecule has 20 heavy (non-hydrogen) atoms. The first-order valence-electron chi connectivity index (χ1n) is 6.85. The molecule has 1 amide bonds. The first-order valence-corrected chi connectivity index (χ1v) is 6.85. The third-order valence-electron chi connectivity index (χ3n) is 4.32. The molecule has 0 saturated carbocycles. The highest BCUT2D eigenvalue weighted by atomic mass is 16.4. The van der Waals surface area contributed by atoms with Gasteiger partial charge in [0, 0.05) is 5.69 Å². The molecule has 0 unspecified atom stereocenters. The molecule has 1 aliphatic rings. The third-order valence-corrected chi connectivity index (χ3v) is 4.32. The zero-order valence-corrected chi connectivity index (χ0v) is 12.5. The molecule has 0 heterocycles. The first kappa shape index (κ1) is 14.6. The highest BCUT2D eigenvalue weighted by Crippen LogP contribution is 2.46. The zero-order chi connectivity index (χ0) is 15.1. The van der Waals surface area contributed by atoms with Gasteiger partial charge in [-0.3, -0.25) is 4.79 Å². The lowest BCUT2D eigenvalue weighted by atomic mass is 9.63. The average molecular weight is 276 g/mol. The summed E-state index contributed by atoms with van der Waals surface area (Å²) in [6.45, 7) is 8.85. The Morgan fingerprint density at radius 2 is 1.60 bits per heavy atom. The Kier molecular flexibility index (Phi) is 3.36. The largest absolute Gasteiger partial charge is 0.607 e. The fraction of sp³-hybridized carbons (Fsp3) is 0.500. The lowest BCUT2D eigenvalue weighted by Crippen LogP contribution is -2.34. The van der Waals surface area contributed by atoms with Crippen LogP contribution in [0.2, 0.25) is 0 Å². The molecule has 1 aromatic carbocycles. The van der Waals surface area contributed by atoms with Crippen molar-refractivity contribution in [2.45, 2.75) is 51.4 Å². The van der Waals surface area contributed by atoms with Crippen LogP contribution in [0.25, 0.3) is 0 Å². The van der Waals surface area contributed by atoms with Gasteiger partial charge in [0.15, 0.2) is 0 Å². The third kappa shape index (κ3) is 2.55. The van der Waals surface area contributed by atoms with Crippen molar-refractivity contribution in [2.75, 3.05) is 5.32 Å². The van der Waals surface area contributed by atoms with Gasteiger partial charge in [0.2, 0.25) is 0 Å². The monoisotopic (exact) mass is 276 g/mol. The van der Waals surface area contributed by atoms with Crippen molar-refractivity contribution in [1.82, 2.24) is 0 Å². The van der Waals surface area contributed by atoms with Crippen molar-refractivity contribution >= 4 is 17.6 Å². The molecule has 0 bridgehead atoms. The lowest BCUT2D eigenvalue weighted by molar-refractivity contribution is -0.147. The second-order valence-corrected chi connectivity index (χ2v) is 6.81. The molecular formula is C16H22NO3+. The van der Waals surface area contributed by atoms with Gasteiger partial charge < -0.3 is 10.4 Å². The number of hydrogen-bond donors (Lipinski definition) is 1. The second kappa shape index (κ2) is 4.62. The molecule has 108 valence electrons. The van der Waals surface area contributed by atoms with Gasteiger partial charge in [-0.15, -0.1) is 0 Å². The number of carbonyl (C=O) groups excluding carboxylic acids is 2. The van der Waals surface area contributed by atoms with Crippen LogP contribution >= 0.6 is 0 Å². The molecular weight excluding hydrogens is 254 g/mol. The predicted molar refractivity (Wildman–Crippen MR) is 79.0 cm³/mol. The number of rotatable bonds is 1. The SMILES string of the molecule is CC1(C)CCC(C)(C)c2cc(NC(=O)C(=O)[OH2+])ccc21. The van der Waals surface area contributed by atoms with E-state index in [1.165, 1.54) is 11.1 Å². The number of amides is 1. The summed E-state index contributed by atoms with van der Waals surface area (Å²) < 4.78 is 0. The Labute approximate surface area is 119 Å². The minimum absolute atomic E-state index is 0.0521. The zero-order valence-electron chi connectivity index (χ0n) is 12.5. The lowest BCUT2D eigenvalue weighted by Gasteiger charge is -2.42.